The van der Waals surface area contributed by atoms with Crippen molar-refractivity contribution in [2.75, 3.05) is 6.54 Å². The lowest BCUT2D eigenvalue weighted by Gasteiger charge is -2.42. The van der Waals surface area contributed by atoms with Gasteiger partial charge in [0.15, 0.2) is 0 Å². The van der Waals surface area contributed by atoms with Crippen LogP contribution in [-0.2, 0) is 5.41 Å². The average Bonchev–Trinajstić information content (AvgIpc) is 2.47. The molecule has 0 saturated heterocycles. The molecular weight excluding hydrogens is 301 g/mol. The summed E-state index contributed by atoms with van der Waals surface area (Å²) in [6, 6.07) is 14.3. The zero-order chi connectivity index (χ0) is 15.6. The molecule has 0 unspecified atom stereocenters. The molecule has 0 aliphatic heterocycles. The van der Waals surface area contributed by atoms with Crippen LogP contribution in [0.2, 0.25) is 5.02 Å². The summed E-state index contributed by atoms with van der Waals surface area (Å²) in [4.78, 5) is 12.2. The number of hydrogen-bond acceptors (Lipinski definition) is 1. The Labute approximate surface area is 134 Å². The van der Waals surface area contributed by atoms with Crippen molar-refractivity contribution in [3.05, 3.63) is 70.5 Å². The van der Waals surface area contributed by atoms with Gasteiger partial charge in [-0.15, -0.1) is 0 Å². The molecule has 1 N–H and O–H groups in total. The number of amides is 1. The molecule has 1 fully saturated rings. The van der Waals surface area contributed by atoms with Crippen molar-refractivity contribution in [2.45, 2.75) is 24.7 Å². The van der Waals surface area contributed by atoms with Crippen molar-refractivity contribution < 1.29 is 9.18 Å². The first kappa shape index (κ1) is 15.0. The normalized spacial score (nSPS) is 15.9. The topological polar surface area (TPSA) is 29.1 Å². The van der Waals surface area contributed by atoms with Gasteiger partial charge in [-0.1, -0.05) is 48.4 Å². The smallest absolute Gasteiger partial charge is 0.254 e. The Kier molecular flexibility index (Phi) is 4.16. The molecule has 1 aliphatic rings. The van der Waals surface area contributed by atoms with Gasteiger partial charge in [0, 0.05) is 17.0 Å². The maximum absolute atomic E-state index is 13.8. The van der Waals surface area contributed by atoms with E-state index in [-0.39, 0.29) is 16.0 Å². The van der Waals surface area contributed by atoms with Gasteiger partial charge in [-0.3, -0.25) is 4.79 Å². The van der Waals surface area contributed by atoms with Gasteiger partial charge in [0.05, 0.1) is 5.56 Å². The van der Waals surface area contributed by atoms with E-state index in [1.54, 1.807) is 0 Å². The highest BCUT2D eigenvalue weighted by Gasteiger charge is 2.38. The molecule has 0 radical (unpaired) electrons. The third-order valence-electron chi connectivity index (χ3n) is 4.46. The number of carbonyl (C=O) groups is 1. The van der Waals surface area contributed by atoms with Crippen LogP contribution in [0.15, 0.2) is 48.5 Å². The molecule has 0 bridgehead atoms. The van der Waals surface area contributed by atoms with E-state index in [4.69, 9.17) is 11.6 Å². The Morgan fingerprint density at radius 1 is 1.18 bits per heavy atom. The molecule has 1 aliphatic carbocycles. The lowest BCUT2D eigenvalue weighted by molar-refractivity contribution is 0.0924. The largest absolute Gasteiger partial charge is 0.351 e. The molecule has 0 aromatic heterocycles. The fraction of sp³-hybridized carbons (Fsp3) is 0.278. The molecule has 2 nitrogen and oxygen atoms in total. The quantitative estimate of drug-likeness (QED) is 0.893. The van der Waals surface area contributed by atoms with Gasteiger partial charge < -0.3 is 5.32 Å². The predicted octanol–water partition coefficient (Wildman–Crippen LogP) is 4.33. The van der Waals surface area contributed by atoms with Crippen LogP contribution >= 0.6 is 11.6 Å². The van der Waals surface area contributed by atoms with Crippen LogP contribution in [0, 0.1) is 5.82 Å². The summed E-state index contributed by atoms with van der Waals surface area (Å²) >= 11 is 5.71. The van der Waals surface area contributed by atoms with Crippen LogP contribution in [0.4, 0.5) is 4.39 Å². The van der Waals surface area contributed by atoms with E-state index < -0.39 is 11.7 Å². The zero-order valence-corrected chi connectivity index (χ0v) is 12.9. The van der Waals surface area contributed by atoms with Crippen molar-refractivity contribution in [1.82, 2.24) is 5.32 Å². The van der Waals surface area contributed by atoms with E-state index in [0.29, 0.717) is 6.54 Å². The van der Waals surface area contributed by atoms with Crippen molar-refractivity contribution in [1.29, 1.82) is 0 Å². The first-order valence-electron chi connectivity index (χ1n) is 7.40. The van der Waals surface area contributed by atoms with Gasteiger partial charge in [0.25, 0.3) is 5.91 Å². The summed E-state index contributed by atoms with van der Waals surface area (Å²) in [6.45, 7) is 0.526. The van der Waals surface area contributed by atoms with Crippen molar-refractivity contribution >= 4 is 17.5 Å². The summed E-state index contributed by atoms with van der Waals surface area (Å²) < 4.78 is 13.8. The number of benzene rings is 2. The van der Waals surface area contributed by atoms with Gasteiger partial charge in [-0.2, -0.15) is 0 Å². The van der Waals surface area contributed by atoms with Crippen molar-refractivity contribution in [3.63, 3.8) is 0 Å². The maximum Gasteiger partial charge on any atom is 0.254 e. The fourth-order valence-corrected chi connectivity index (χ4v) is 3.14. The lowest BCUT2D eigenvalue weighted by Crippen LogP contribution is -2.45. The van der Waals surface area contributed by atoms with Crippen LogP contribution in [0.3, 0.4) is 0 Å². The van der Waals surface area contributed by atoms with Crippen molar-refractivity contribution in [3.8, 4) is 0 Å². The lowest BCUT2D eigenvalue weighted by atomic mass is 9.64. The molecule has 114 valence electrons. The Morgan fingerprint density at radius 2 is 1.91 bits per heavy atom. The summed E-state index contributed by atoms with van der Waals surface area (Å²) in [5.41, 5.74) is 1.25. The number of carbonyl (C=O) groups excluding carboxylic acids is 1. The first-order chi connectivity index (χ1) is 10.6. The second kappa shape index (κ2) is 6.09. The van der Waals surface area contributed by atoms with Crippen LogP contribution < -0.4 is 5.32 Å². The molecule has 1 amide bonds. The minimum Gasteiger partial charge on any atom is -0.351 e. The standard InChI is InChI=1S/C18H17ClFNO/c19-14-7-8-15(16(20)11-14)17(22)21-12-18(9-4-10-18)13-5-2-1-3-6-13/h1-3,5-8,11H,4,9-10,12H2,(H,21,22). The molecule has 0 spiro atoms. The average molecular weight is 318 g/mol. The third kappa shape index (κ3) is 2.86. The van der Waals surface area contributed by atoms with Gasteiger partial charge in [-0.25, -0.2) is 4.39 Å². The van der Waals surface area contributed by atoms with Crippen LogP contribution in [0.5, 0.6) is 0 Å². The van der Waals surface area contributed by atoms with E-state index in [0.717, 1.165) is 25.3 Å². The third-order valence-corrected chi connectivity index (χ3v) is 4.70. The Morgan fingerprint density at radius 3 is 2.50 bits per heavy atom. The molecule has 2 aromatic rings. The van der Waals surface area contributed by atoms with Crippen LogP contribution in [0.25, 0.3) is 0 Å². The van der Waals surface area contributed by atoms with Crippen molar-refractivity contribution in [2.24, 2.45) is 0 Å². The Hall–Kier alpha value is -1.87. The van der Waals surface area contributed by atoms with Gasteiger partial charge in [0.1, 0.15) is 5.82 Å². The second-order valence-electron chi connectivity index (χ2n) is 5.81. The molecule has 1 saturated carbocycles. The van der Waals surface area contributed by atoms with Gasteiger partial charge in [-0.05, 0) is 36.6 Å². The van der Waals surface area contributed by atoms with E-state index >= 15 is 0 Å². The van der Waals surface area contributed by atoms with Crippen LogP contribution in [0.1, 0.15) is 35.2 Å². The summed E-state index contributed by atoms with van der Waals surface area (Å²) in [7, 11) is 0. The molecule has 4 heteroatoms. The highest BCUT2D eigenvalue weighted by molar-refractivity contribution is 6.30. The van der Waals surface area contributed by atoms with E-state index in [1.165, 1.54) is 17.7 Å². The van der Waals surface area contributed by atoms with Gasteiger partial charge >= 0.3 is 0 Å². The minimum atomic E-state index is -0.590. The zero-order valence-electron chi connectivity index (χ0n) is 12.1. The molecule has 3 rings (SSSR count). The Balaban J connectivity index is 1.72. The molecular formula is C18H17ClFNO. The number of hydrogen-bond donors (Lipinski definition) is 1. The SMILES string of the molecule is O=C(NCC1(c2ccccc2)CCC1)c1ccc(Cl)cc1F. The summed E-state index contributed by atoms with van der Waals surface area (Å²) in [6.07, 6.45) is 3.24. The predicted molar refractivity (Wildman–Crippen MR) is 85.7 cm³/mol. The minimum absolute atomic E-state index is 0.0141. The number of nitrogens with one attached hydrogen (secondary N) is 1. The molecule has 22 heavy (non-hydrogen) atoms. The number of halogens is 2. The maximum atomic E-state index is 13.8. The Bertz CT molecular complexity index is 683. The van der Waals surface area contributed by atoms with Gasteiger partial charge in [0.2, 0.25) is 0 Å². The summed E-state index contributed by atoms with van der Waals surface area (Å²) in [5, 5.41) is 3.16. The fourth-order valence-electron chi connectivity index (χ4n) is 2.98. The van der Waals surface area contributed by atoms with E-state index in [1.807, 2.05) is 18.2 Å². The van der Waals surface area contributed by atoms with Crippen LogP contribution in [-0.4, -0.2) is 12.5 Å². The molecule has 0 atom stereocenters. The van der Waals surface area contributed by atoms with E-state index in [2.05, 4.69) is 17.4 Å². The summed E-state index contributed by atoms with van der Waals surface area (Å²) in [5.74, 6) is -0.983. The monoisotopic (exact) mass is 317 g/mol. The molecule has 0 heterocycles. The number of rotatable bonds is 4. The molecule has 2 aromatic carbocycles. The highest BCUT2D eigenvalue weighted by atomic mass is 35.5. The highest BCUT2D eigenvalue weighted by Crippen LogP contribution is 2.43. The van der Waals surface area contributed by atoms with E-state index in [9.17, 15) is 9.18 Å². The second-order valence-corrected chi connectivity index (χ2v) is 6.24. The first-order valence-corrected chi connectivity index (χ1v) is 7.77.